The van der Waals surface area contributed by atoms with Gasteiger partial charge in [-0.15, -0.1) is 0 Å². The van der Waals surface area contributed by atoms with Crippen LogP contribution in [0.5, 0.6) is 0 Å². The van der Waals surface area contributed by atoms with Crippen LogP contribution in [0, 0.1) is 13.8 Å². The molecule has 0 atom stereocenters. The quantitative estimate of drug-likeness (QED) is 0.498. The first kappa shape index (κ1) is 21.1. The van der Waals surface area contributed by atoms with Crippen LogP contribution in [0.4, 0.5) is 5.69 Å². The summed E-state index contributed by atoms with van der Waals surface area (Å²) < 4.78 is 5.64. The van der Waals surface area contributed by atoms with Gasteiger partial charge in [0.1, 0.15) is 0 Å². The van der Waals surface area contributed by atoms with Crippen molar-refractivity contribution >= 4 is 24.8 Å². The Bertz CT molecular complexity index is 910. The minimum atomic E-state index is -2.09. The van der Waals surface area contributed by atoms with Gasteiger partial charge in [0.25, 0.3) is 0 Å². The number of rotatable bonds is 7. The van der Waals surface area contributed by atoms with Crippen LogP contribution in [0.1, 0.15) is 42.4 Å². The summed E-state index contributed by atoms with van der Waals surface area (Å²) in [5, 5.41) is 2.96. The second kappa shape index (κ2) is 8.51. The maximum absolute atomic E-state index is 13.5. The van der Waals surface area contributed by atoms with Crippen molar-refractivity contribution in [3.8, 4) is 0 Å². The van der Waals surface area contributed by atoms with Crippen LogP contribution in [0.2, 0.25) is 0 Å². The molecule has 4 nitrogen and oxygen atoms in total. The molecule has 30 heavy (non-hydrogen) atoms. The van der Waals surface area contributed by atoms with Crippen LogP contribution in [-0.4, -0.2) is 35.5 Å². The molecule has 0 unspecified atom stereocenters. The van der Waals surface area contributed by atoms with Crippen molar-refractivity contribution < 1.29 is 14.3 Å². The van der Waals surface area contributed by atoms with E-state index in [0.717, 1.165) is 60.4 Å². The summed E-state index contributed by atoms with van der Waals surface area (Å²) in [6, 6.07) is 15.9. The van der Waals surface area contributed by atoms with Gasteiger partial charge in [0, 0.05) is 0 Å². The van der Waals surface area contributed by atoms with E-state index in [0.29, 0.717) is 12.8 Å². The second-order valence-electron chi connectivity index (χ2n) is 9.11. The fourth-order valence-corrected chi connectivity index (χ4v) is 11.4. The molecule has 2 aromatic carbocycles. The third-order valence-electron chi connectivity index (χ3n) is 7.21. The van der Waals surface area contributed by atoms with Crippen molar-refractivity contribution in [2.45, 2.75) is 51.3 Å². The molecule has 1 N–H and O–H groups in total. The standard InChI is InChI=1S/C25H32NO3P/c1-19-9-8-10-20(2)23(19)26-24(28)25(13-14-25)30(15-6-7-16-30)18-22(27)29-17-21-11-4-3-5-12-21/h3-5,8-12,30H,6-7,13-18H2,1-2H3,(H,26,28). The van der Waals surface area contributed by atoms with Gasteiger partial charge in [-0.2, -0.15) is 0 Å². The Morgan fingerprint density at radius 2 is 1.60 bits per heavy atom. The van der Waals surface area contributed by atoms with Crippen LogP contribution in [0.3, 0.4) is 0 Å². The summed E-state index contributed by atoms with van der Waals surface area (Å²) >= 11 is 0. The van der Waals surface area contributed by atoms with Gasteiger partial charge < -0.3 is 0 Å². The summed E-state index contributed by atoms with van der Waals surface area (Å²) in [6.07, 6.45) is 6.71. The molecule has 0 spiro atoms. The van der Waals surface area contributed by atoms with E-state index in [1.165, 1.54) is 0 Å². The van der Waals surface area contributed by atoms with Gasteiger partial charge in [-0.25, -0.2) is 0 Å². The normalized spacial score (nSPS) is 19.7. The number of carbonyl (C=O) groups is 2. The van der Waals surface area contributed by atoms with E-state index in [1.807, 2.05) is 62.4 Å². The van der Waals surface area contributed by atoms with Gasteiger partial charge in [-0.3, -0.25) is 0 Å². The average Bonchev–Trinajstić information content (AvgIpc) is 3.44. The van der Waals surface area contributed by atoms with Crippen LogP contribution >= 0.6 is 7.26 Å². The van der Waals surface area contributed by atoms with Gasteiger partial charge in [-0.05, 0) is 0 Å². The number of carbonyl (C=O) groups excluding carboxylic acids is 2. The molecule has 0 bridgehead atoms. The Morgan fingerprint density at radius 3 is 2.20 bits per heavy atom. The first-order valence-electron chi connectivity index (χ1n) is 11.0. The van der Waals surface area contributed by atoms with E-state index in [9.17, 15) is 9.59 Å². The van der Waals surface area contributed by atoms with Gasteiger partial charge >= 0.3 is 179 Å². The molecule has 2 aliphatic rings. The number of esters is 1. The van der Waals surface area contributed by atoms with Crippen molar-refractivity contribution in [1.82, 2.24) is 0 Å². The Kier molecular flexibility index (Phi) is 5.97. The van der Waals surface area contributed by atoms with Crippen LogP contribution in [-0.2, 0) is 20.9 Å². The number of amides is 1. The SMILES string of the molecule is Cc1cccc(C)c1NC(=O)C1([PH]2(CC(=O)OCc3ccccc3)CCCC2)CC1. The third-order valence-corrected chi connectivity index (χ3v) is 13.5. The zero-order valence-corrected chi connectivity index (χ0v) is 19.0. The molecule has 2 aromatic rings. The molecule has 1 aliphatic carbocycles. The average molecular weight is 426 g/mol. The maximum atomic E-state index is 13.5. The molecule has 0 radical (unpaired) electrons. The van der Waals surface area contributed by atoms with E-state index >= 15 is 0 Å². The molecular weight excluding hydrogens is 393 g/mol. The molecule has 4 rings (SSSR count). The van der Waals surface area contributed by atoms with Gasteiger partial charge in [0.2, 0.25) is 0 Å². The topological polar surface area (TPSA) is 55.4 Å². The Morgan fingerprint density at radius 1 is 0.967 bits per heavy atom. The molecule has 5 heteroatoms. The molecule has 2 fully saturated rings. The summed E-state index contributed by atoms with van der Waals surface area (Å²) in [4.78, 5) is 26.3. The molecule has 0 aromatic heterocycles. The molecule has 1 saturated carbocycles. The summed E-state index contributed by atoms with van der Waals surface area (Å²) in [7, 11) is -2.09. The molecular formula is C25H32NO3P. The number of para-hydroxylation sites is 1. The van der Waals surface area contributed by atoms with E-state index in [4.69, 9.17) is 4.74 Å². The van der Waals surface area contributed by atoms with E-state index in [1.54, 1.807) is 0 Å². The Hall–Kier alpha value is -2.19. The predicted octanol–water partition coefficient (Wildman–Crippen LogP) is 5.06. The number of ether oxygens (including phenoxy) is 1. The van der Waals surface area contributed by atoms with Crippen LogP contribution in [0.15, 0.2) is 48.5 Å². The molecule has 160 valence electrons. The first-order chi connectivity index (χ1) is 14.5. The zero-order valence-electron chi connectivity index (χ0n) is 18.0. The van der Waals surface area contributed by atoms with Gasteiger partial charge in [0.05, 0.1) is 0 Å². The fourth-order valence-electron chi connectivity index (χ4n) is 5.31. The molecule has 1 aliphatic heterocycles. The molecule has 1 amide bonds. The van der Waals surface area contributed by atoms with Crippen LogP contribution < -0.4 is 5.32 Å². The zero-order chi connectivity index (χ0) is 21.2. The first-order valence-corrected chi connectivity index (χ1v) is 13.7. The monoisotopic (exact) mass is 425 g/mol. The summed E-state index contributed by atoms with van der Waals surface area (Å²) in [5.74, 6) is 0.0166. The number of hydrogen-bond acceptors (Lipinski definition) is 3. The second-order valence-corrected chi connectivity index (χ2v) is 14.0. The van der Waals surface area contributed by atoms with E-state index < -0.39 is 7.26 Å². The predicted molar refractivity (Wildman–Crippen MR) is 125 cm³/mol. The minimum absolute atomic E-state index is 0.126. The number of hydrogen-bond donors (Lipinski definition) is 1. The third kappa shape index (κ3) is 4.03. The van der Waals surface area contributed by atoms with Crippen molar-refractivity contribution in [1.29, 1.82) is 0 Å². The van der Waals surface area contributed by atoms with Gasteiger partial charge in [0.15, 0.2) is 0 Å². The number of anilines is 1. The summed E-state index contributed by atoms with van der Waals surface area (Å²) in [5.41, 5.74) is 4.11. The molecule has 1 saturated heterocycles. The Balaban J connectivity index is 1.48. The number of aryl methyl sites for hydroxylation is 2. The van der Waals surface area contributed by atoms with E-state index in [2.05, 4.69) is 5.32 Å². The van der Waals surface area contributed by atoms with Crippen molar-refractivity contribution in [3.05, 3.63) is 65.2 Å². The number of nitrogens with one attached hydrogen (secondary N) is 1. The number of benzene rings is 2. The fraction of sp³-hybridized carbons (Fsp3) is 0.440. The van der Waals surface area contributed by atoms with Crippen molar-refractivity contribution in [3.63, 3.8) is 0 Å². The molecule has 1 heterocycles. The van der Waals surface area contributed by atoms with E-state index in [-0.39, 0.29) is 17.0 Å². The Labute approximate surface area is 179 Å². The van der Waals surface area contributed by atoms with Crippen molar-refractivity contribution in [2.24, 2.45) is 0 Å². The summed E-state index contributed by atoms with van der Waals surface area (Å²) in [6.45, 7) is 4.38. The van der Waals surface area contributed by atoms with Crippen molar-refractivity contribution in [2.75, 3.05) is 23.8 Å². The van der Waals surface area contributed by atoms with Crippen LogP contribution in [0.25, 0.3) is 0 Å². The van der Waals surface area contributed by atoms with Gasteiger partial charge in [-0.1, -0.05) is 0 Å².